The molecule has 0 radical (unpaired) electrons. The fourth-order valence-electron chi connectivity index (χ4n) is 1.50. The molecule has 0 aliphatic carbocycles. The first-order valence-electron chi connectivity index (χ1n) is 6.44. The van der Waals surface area contributed by atoms with Crippen LogP contribution in [0.15, 0.2) is 17.4 Å². The fraction of sp³-hybridized carbons (Fsp3) is 0.583. The van der Waals surface area contributed by atoms with Crippen LogP contribution < -0.4 is 10.6 Å². The molecule has 0 fully saturated rings. The van der Waals surface area contributed by atoms with E-state index in [2.05, 4.69) is 25.9 Å². The van der Waals surface area contributed by atoms with Gasteiger partial charge in [-0.15, -0.1) is 11.3 Å². The Kier molecular flexibility index (Phi) is 15.7. The van der Waals surface area contributed by atoms with Crippen LogP contribution in [0.2, 0.25) is 0 Å². The predicted octanol–water partition coefficient (Wildman–Crippen LogP) is 1.32. The summed E-state index contributed by atoms with van der Waals surface area (Å²) < 4.78 is 0. The molecule has 0 saturated heterocycles. The zero-order valence-corrected chi connectivity index (χ0v) is 18.7. The van der Waals surface area contributed by atoms with Gasteiger partial charge < -0.3 is 15.5 Å². The second-order valence-electron chi connectivity index (χ2n) is 4.53. The predicted molar refractivity (Wildman–Crippen MR) is 87.8 cm³/mol. The number of nitro groups is 1. The van der Waals surface area contributed by atoms with E-state index in [1.165, 1.54) is 0 Å². The smallest absolute Gasteiger partial charge is 0.370 e. The summed E-state index contributed by atoms with van der Waals surface area (Å²) in [6.45, 7) is 1.54. The van der Waals surface area contributed by atoms with Crippen LogP contribution in [-0.4, -0.2) is 48.2 Å². The van der Waals surface area contributed by atoms with Gasteiger partial charge in [-0.05, 0) is 14.1 Å². The second-order valence-corrected chi connectivity index (χ2v) is 6.58. The summed E-state index contributed by atoms with van der Waals surface area (Å²) in [5, 5.41) is 19.3. The van der Waals surface area contributed by atoms with Crippen LogP contribution in [0.3, 0.4) is 0 Å². The minimum Gasteiger partial charge on any atom is -0.370 e. The Balaban J connectivity index is 0. The van der Waals surface area contributed by atoms with Gasteiger partial charge >= 0.3 is 40.5 Å². The van der Waals surface area contributed by atoms with Crippen LogP contribution >= 0.6 is 23.1 Å². The van der Waals surface area contributed by atoms with Gasteiger partial charge in [-0.25, -0.2) is 4.98 Å². The van der Waals surface area contributed by atoms with Gasteiger partial charge in [0.1, 0.15) is 5.01 Å². The number of thioether (sulfide) groups is 1. The molecule has 0 aromatic carbocycles. The number of nitrogens with zero attached hydrogens (tertiary/aromatic N) is 3. The molecule has 1 aromatic heterocycles. The molecule has 11 heteroatoms. The Labute approximate surface area is 172 Å². The van der Waals surface area contributed by atoms with E-state index in [9.17, 15) is 10.1 Å². The number of rotatable bonds is 10. The Hall–Kier alpha value is -0.00831. The van der Waals surface area contributed by atoms with E-state index in [1.807, 2.05) is 14.1 Å². The number of thiazole rings is 1. The van der Waals surface area contributed by atoms with E-state index in [0.717, 1.165) is 35.0 Å². The number of hydrogen-bond acceptors (Lipinski definition) is 8. The first-order valence-corrected chi connectivity index (χ1v) is 8.47. The van der Waals surface area contributed by atoms with Gasteiger partial charge in [0, 0.05) is 37.0 Å². The Morgan fingerprint density at radius 1 is 1.57 bits per heavy atom. The van der Waals surface area contributed by atoms with Crippen molar-refractivity contribution >= 4 is 23.1 Å². The summed E-state index contributed by atoms with van der Waals surface area (Å²) in [5.41, 5.74) is 1.09. The molecule has 1 aromatic rings. The van der Waals surface area contributed by atoms with Crippen LogP contribution in [0.25, 0.3) is 0 Å². The van der Waals surface area contributed by atoms with E-state index in [0.29, 0.717) is 12.4 Å². The van der Waals surface area contributed by atoms with Crippen molar-refractivity contribution in [2.75, 3.05) is 33.4 Å². The summed E-state index contributed by atoms with van der Waals surface area (Å²) in [6, 6.07) is 0. The van der Waals surface area contributed by atoms with Crippen LogP contribution in [0.1, 0.15) is 10.7 Å². The van der Waals surface area contributed by atoms with Gasteiger partial charge in [0.15, 0.2) is 5.82 Å². The third kappa shape index (κ3) is 12.1. The van der Waals surface area contributed by atoms with Crippen molar-refractivity contribution in [3.8, 4) is 0 Å². The standard InChI is InChI=1S/C12H21N5O2S2.Pt.Rh/c1-13-11(6-17(18)19)14-4-5-20-8-10-9-21-12(15-10)7-16(2)3;;/h6,9,13-14H,4-5,7-8H2,1-3H3;;/q;+2;+3/b11-6+;;. The molecule has 0 amide bonds. The van der Waals surface area contributed by atoms with Crippen molar-refractivity contribution in [2.24, 2.45) is 0 Å². The zero-order chi connectivity index (χ0) is 15.7. The average molecular weight is 629 g/mol. The molecule has 23 heavy (non-hydrogen) atoms. The molecule has 0 aliphatic heterocycles. The third-order valence-corrected chi connectivity index (χ3v) is 4.24. The molecule has 0 bridgehead atoms. The molecule has 0 atom stereocenters. The van der Waals surface area contributed by atoms with Crippen molar-refractivity contribution in [3.63, 3.8) is 0 Å². The topological polar surface area (TPSA) is 83.3 Å². The molecular weight excluding hydrogens is 608 g/mol. The Morgan fingerprint density at radius 2 is 2.26 bits per heavy atom. The van der Waals surface area contributed by atoms with Crippen molar-refractivity contribution in [1.82, 2.24) is 20.5 Å². The normalized spacial score (nSPS) is 10.7. The Morgan fingerprint density at radius 3 is 2.83 bits per heavy atom. The summed E-state index contributed by atoms with van der Waals surface area (Å²) in [7, 11) is 5.70. The molecule has 1 rings (SSSR count). The summed E-state index contributed by atoms with van der Waals surface area (Å²) >= 11 is 3.43. The van der Waals surface area contributed by atoms with Crippen LogP contribution in [0, 0.1) is 10.1 Å². The first-order chi connectivity index (χ1) is 10.0. The van der Waals surface area contributed by atoms with Crippen LogP contribution in [-0.2, 0) is 52.8 Å². The largest absolute Gasteiger partial charge is 3.00 e. The van der Waals surface area contributed by atoms with E-state index in [-0.39, 0.29) is 40.5 Å². The number of hydrogen-bond donors (Lipinski definition) is 2. The van der Waals surface area contributed by atoms with Crippen molar-refractivity contribution in [2.45, 2.75) is 12.3 Å². The molecule has 132 valence electrons. The molecule has 1 heterocycles. The zero-order valence-electron chi connectivity index (χ0n) is 13.1. The van der Waals surface area contributed by atoms with Crippen LogP contribution in [0.4, 0.5) is 0 Å². The minimum absolute atomic E-state index is 0. The third-order valence-electron chi connectivity index (χ3n) is 2.37. The van der Waals surface area contributed by atoms with Gasteiger partial charge in [-0.1, -0.05) is 0 Å². The van der Waals surface area contributed by atoms with Gasteiger partial charge in [-0.2, -0.15) is 11.8 Å². The summed E-state index contributed by atoms with van der Waals surface area (Å²) in [5.74, 6) is 2.14. The first kappa shape index (κ1) is 25.2. The molecule has 7 nitrogen and oxygen atoms in total. The van der Waals surface area contributed by atoms with E-state index < -0.39 is 4.92 Å². The molecule has 0 saturated carbocycles. The van der Waals surface area contributed by atoms with Crippen molar-refractivity contribution < 1.29 is 45.5 Å². The average Bonchev–Trinajstić information content (AvgIpc) is 2.83. The van der Waals surface area contributed by atoms with Crippen molar-refractivity contribution in [3.05, 3.63) is 38.2 Å². The molecule has 0 spiro atoms. The molecule has 2 N–H and O–H groups in total. The maximum atomic E-state index is 10.4. The van der Waals surface area contributed by atoms with Gasteiger partial charge in [0.05, 0.1) is 10.6 Å². The van der Waals surface area contributed by atoms with E-state index >= 15 is 0 Å². The van der Waals surface area contributed by atoms with E-state index in [1.54, 1.807) is 30.1 Å². The molecular formula is C12H21N5O2PtRhS2+5. The van der Waals surface area contributed by atoms with E-state index in [4.69, 9.17) is 0 Å². The SMILES string of the molecule is CN/C(=C\[N+](=O)[O-])NCCSCc1csc(CN(C)C)n1.[Pt+2].[Rh+3]. The molecule has 0 aliphatic rings. The molecule has 0 unspecified atom stereocenters. The van der Waals surface area contributed by atoms with Gasteiger partial charge in [-0.3, -0.25) is 10.1 Å². The quantitative estimate of drug-likeness (QED) is 0.175. The van der Waals surface area contributed by atoms with Gasteiger partial charge in [0.2, 0.25) is 0 Å². The fourth-order valence-corrected chi connectivity index (χ4v) is 3.26. The monoisotopic (exact) mass is 629 g/mol. The maximum absolute atomic E-state index is 10.4. The number of aromatic nitrogens is 1. The summed E-state index contributed by atoms with van der Waals surface area (Å²) in [6.07, 6.45) is 0.929. The Bertz CT molecular complexity index is 488. The van der Waals surface area contributed by atoms with Gasteiger partial charge in [0.25, 0.3) is 6.20 Å². The summed E-state index contributed by atoms with van der Waals surface area (Å²) in [4.78, 5) is 16.5. The van der Waals surface area contributed by atoms with Crippen LogP contribution in [0.5, 0.6) is 0 Å². The number of nitrogens with one attached hydrogen (secondary N) is 2. The van der Waals surface area contributed by atoms with Crippen molar-refractivity contribution in [1.29, 1.82) is 0 Å². The minimum atomic E-state index is -0.479. The maximum Gasteiger partial charge on any atom is 3.00 e. The second kappa shape index (κ2) is 14.3.